The van der Waals surface area contributed by atoms with Crippen LogP contribution in [0.4, 0.5) is 17.6 Å². The number of nitrogens with one attached hydrogen (secondary N) is 1. The number of amides is 2. The van der Waals surface area contributed by atoms with Crippen molar-refractivity contribution in [2.75, 3.05) is 20.3 Å². The lowest BCUT2D eigenvalue weighted by atomic mass is 9.81. The summed E-state index contributed by atoms with van der Waals surface area (Å²) < 4.78 is 68.5. The lowest BCUT2D eigenvalue weighted by molar-refractivity contribution is -0.265. The molecule has 0 saturated carbocycles. The summed E-state index contributed by atoms with van der Waals surface area (Å²) in [5.74, 6) is -2.36. The van der Waals surface area contributed by atoms with Crippen molar-refractivity contribution < 1.29 is 41.7 Å². The molecule has 14 heteroatoms. The molecule has 2 aromatic heterocycles. The Labute approximate surface area is 246 Å². The highest BCUT2D eigenvalue weighted by Crippen LogP contribution is 2.47. The summed E-state index contributed by atoms with van der Waals surface area (Å²) in [4.78, 5) is 33.7. The molecular weight excluding hydrogens is 596 g/mol. The van der Waals surface area contributed by atoms with E-state index in [2.05, 4.69) is 15.3 Å². The number of benzene rings is 2. The van der Waals surface area contributed by atoms with Gasteiger partial charge in [0.2, 0.25) is 11.5 Å². The zero-order chi connectivity index (χ0) is 31.3. The minimum Gasteiger partial charge on any atom is -0.494 e. The van der Waals surface area contributed by atoms with Crippen LogP contribution in [0.2, 0.25) is 5.02 Å². The molecular formula is C29H23ClF4N4O5. The first-order valence-corrected chi connectivity index (χ1v) is 13.0. The van der Waals surface area contributed by atoms with Gasteiger partial charge in [-0.2, -0.15) is 13.2 Å². The molecule has 4 aromatic rings. The van der Waals surface area contributed by atoms with E-state index in [0.717, 1.165) is 18.2 Å². The van der Waals surface area contributed by atoms with Gasteiger partial charge >= 0.3 is 6.18 Å². The van der Waals surface area contributed by atoms with E-state index in [1.807, 2.05) is 0 Å². The summed E-state index contributed by atoms with van der Waals surface area (Å²) in [7, 11) is 1.33. The summed E-state index contributed by atoms with van der Waals surface area (Å²) in [6.45, 7) is -0.296. The molecule has 2 amide bonds. The number of carbonyl (C=O) groups is 2. The molecule has 43 heavy (non-hydrogen) atoms. The summed E-state index contributed by atoms with van der Waals surface area (Å²) in [5.41, 5.74) is -0.503. The predicted molar refractivity (Wildman–Crippen MR) is 147 cm³/mol. The van der Waals surface area contributed by atoms with Gasteiger partial charge < -0.3 is 25.6 Å². The number of carbonyl (C=O) groups excluding carboxylic acids is 2. The second-order valence-electron chi connectivity index (χ2n) is 10.2. The largest absolute Gasteiger partial charge is 0.494 e. The highest BCUT2D eigenvalue weighted by Gasteiger charge is 2.57. The molecule has 4 N–H and O–H groups in total. The molecule has 0 spiro atoms. The van der Waals surface area contributed by atoms with Crippen LogP contribution in [-0.4, -0.2) is 53.3 Å². The average molecular weight is 619 g/mol. The minimum absolute atomic E-state index is 0.0410. The SMILES string of the molecule is COc1cc(C(=O)NCC(O)(c2cc3c(c(-c4ccc(F)cc4)n2)OC[C@]3(C)C(N)=O)C(F)(F)F)cc2cc(Cl)cnc12. The molecule has 0 saturated heterocycles. The topological polar surface area (TPSA) is 137 Å². The smallest absolute Gasteiger partial charge is 0.424 e. The van der Waals surface area contributed by atoms with E-state index in [-0.39, 0.29) is 45.5 Å². The fraction of sp³-hybridized carbons (Fsp3) is 0.241. The maximum absolute atomic E-state index is 14.6. The van der Waals surface area contributed by atoms with Crippen LogP contribution >= 0.6 is 11.6 Å². The monoisotopic (exact) mass is 618 g/mol. The molecule has 5 rings (SSSR count). The molecule has 0 bridgehead atoms. The molecule has 0 fully saturated rings. The van der Waals surface area contributed by atoms with Gasteiger partial charge in [-0.15, -0.1) is 0 Å². The van der Waals surface area contributed by atoms with Gasteiger partial charge in [0.25, 0.3) is 5.91 Å². The van der Waals surface area contributed by atoms with Gasteiger partial charge in [0.15, 0.2) is 0 Å². The van der Waals surface area contributed by atoms with Crippen molar-refractivity contribution in [1.82, 2.24) is 15.3 Å². The number of fused-ring (bicyclic) bond motifs is 2. The fourth-order valence-electron chi connectivity index (χ4n) is 4.73. The van der Waals surface area contributed by atoms with E-state index in [9.17, 15) is 32.3 Å². The number of hydrogen-bond donors (Lipinski definition) is 3. The van der Waals surface area contributed by atoms with Crippen molar-refractivity contribution in [3.63, 3.8) is 0 Å². The molecule has 0 aliphatic carbocycles. The Bertz CT molecular complexity index is 1770. The fourth-order valence-corrected chi connectivity index (χ4v) is 4.89. The number of halogens is 5. The number of nitrogens with zero attached hydrogens (tertiary/aromatic N) is 2. The predicted octanol–water partition coefficient (Wildman–Crippen LogP) is 4.41. The number of alkyl halides is 3. The zero-order valence-corrected chi connectivity index (χ0v) is 23.3. The number of methoxy groups -OCH3 is 1. The Morgan fingerprint density at radius 1 is 1.19 bits per heavy atom. The number of rotatable bonds is 7. The van der Waals surface area contributed by atoms with Crippen molar-refractivity contribution in [2.45, 2.75) is 24.1 Å². The van der Waals surface area contributed by atoms with Crippen molar-refractivity contribution in [3.8, 4) is 22.8 Å². The Morgan fingerprint density at radius 3 is 2.51 bits per heavy atom. The molecule has 1 unspecified atom stereocenters. The quantitative estimate of drug-likeness (QED) is 0.261. The van der Waals surface area contributed by atoms with E-state index in [4.69, 9.17) is 26.8 Å². The first-order chi connectivity index (χ1) is 20.2. The molecule has 1 aliphatic heterocycles. The Morgan fingerprint density at radius 2 is 1.88 bits per heavy atom. The third kappa shape index (κ3) is 5.19. The normalized spacial score (nSPS) is 17.6. The van der Waals surface area contributed by atoms with E-state index >= 15 is 0 Å². The van der Waals surface area contributed by atoms with Crippen LogP contribution in [0.5, 0.6) is 11.5 Å². The minimum atomic E-state index is -5.37. The van der Waals surface area contributed by atoms with Crippen LogP contribution < -0.4 is 20.5 Å². The second-order valence-corrected chi connectivity index (χ2v) is 10.6. The number of aromatic nitrogens is 2. The van der Waals surface area contributed by atoms with E-state index < -0.39 is 47.1 Å². The van der Waals surface area contributed by atoms with Gasteiger partial charge in [-0.1, -0.05) is 11.6 Å². The van der Waals surface area contributed by atoms with Crippen molar-refractivity contribution in [1.29, 1.82) is 0 Å². The number of pyridine rings is 2. The van der Waals surface area contributed by atoms with Gasteiger partial charge in [-0.25, -0.2) is 9.37 Å². The summed E-state index contributed by atoms with van der Waals surface area (Å²) in [6.07, 6.45) is -4.00. The summed E-state index contributed by atoms with van der Waals surface area (Å²) in [5, 5.41) is 14.0. The Balaban J connectivity index is 1.59. The standard InChI is InChI=1S/C29H23ClF4N4O5/c1-27(26(35)40)13-43-24-19(27)10-21(38-23(24)14-3-5-18(31)6-4-14)28(41,29(32,33)34)12-37-25(39)16-7-15-8-17(30)11-36-22(15)20(9-16)42-2/h3-11,41H,12-13H2,1-2H3,(H2,35,40)(H,37,39)/t27-,28?/m0/s1. The van der Waals surface area contributed by atoms with Gasteiger partial charge in [0.1, 0.15) is 40.5 Å². The lowest BCUT2D eigenvalue weighted by Gasteiger charge is -2.31. The highest BCUT2D eigenvalue weighted by molar-refractivity contribution is 6.31. The maximum Gasteiger partial charge on any atom is 0.424 e. The van der Waals surface area contributed by atoms with Gasteiger partial charge in [0.05, 0.1) is 24.4 Å². The first kappa shape index (κ1) is 30.0. The first-order valence-electron chi connectivity index (χ1n) is 12.6. The Kier molecular flexibility index (Phi) is 7.43. The molecule has 224 valence electrons. The van der Waals surface area contributed by atoms with Crippen molar-refractivity contribution in [3.05, 3.63) is 82.4 Å². The molecule has 9 nitrogen and oxygen atoms in total. The van der Waals surface area contributed by atoms with Crippen molar-refractivity contribution >= 4 is 34.3 Å². The van der Waals surface area contributed by atoms with Crippen LogP contribution in [0.3, 0.4) is 0 Å². The number of primary amides is 1. The van der Waals surface area contributed by atoms with Crippen molar-refractivity contribution in [2.24, 2.45) is 5.73 Å². The number of aliphatic hydroxyl groups is 1. The summed E-state index contributed by atoms with van der Waals surface area (Å²) in [6, 6.07) is 9.66. The van der Waals surface area contributed by atoms with Gasteiger partial charge in [0, 0.05) is 28.3 Å². The molecule has 2 atom stereocenters. The molecule has 3 heterocycles. The Hall–Kier alpha value is -4.49. The molecule has 0 radical (unpaired) electrons. The van der Waals surface area contributed by atoms with Crippen LogP contribution in [0.1, 0.15) is 28.5 Å². The summed E-state index contributed by atoms with van der Waals surface area (Å²) >= 11 is 6.00. The number of nitrogens with two attached hydrogens (primary N) is 1. The van der Waals surface area contributed by atoms with Crippen LogP contribution in [0.15, 0.2) is 54.7 Å². The lowest BCUT2D eigenvalue weighted by Crippen LogP contribution is -2.51. The maximum atomic E-state index is 14.6. The van der Waals surface area contributed by atoms with Gasteiger partial charge in [-0.3, -0.25) is 14.6 Å². The highest BCUT2D eigenvalue weighted by atomic mass is 35.5. The van der Waals surface area contributed by atoms with Crippen LogP contribution in [0.25, 0.3) is 22.2 Å². The van der Waals surface area contributed by atoms with E-state index in [0.29, 0.717) is 10.9 Å². The second kappa shape index (κ2) is 10.7. The third-order valence-corrected chi connectivity index (χ3v) is 7.54. The zero-order valence-electron chi connectivity index (χ0n) is 22.6. The van der Waals surface area contributed by atoms with Crippen LogP contribution in [0, 0.1) is 5.82 Å². The van der Waals surface area contributed by atoms with E-state index in [1.165, 1.54) is 50.6 Å². The van der Waals surface area contributed by atoms with Crippen LogP contribution in [-0.2, 0) is 15.8 Å². The molecule has 1 aliphatic rings. The van der Waals surface area contributed by atoms with E-state index in [1.54, 1.807) is 0 Å². The molecule has 2 aromatic carbocycles. The number of hydrogen-bond acceptors (Lipinski definition) is 7. The average Bonchev–Trinajstić information content (AvgIpc) is 3.32. The number of ether oxygens (including phenoxy) is 2. The van der Waals surface area contributed by atoms with Gasteiger partial charge in [-0.05, 0) is 55.5 Å². The third-order valence-electron chi connectivity index (χ3n) is 7.33.